The molecular weight excluding hydrogens is 777 g/mol. The molecule has 0 aromatic rings. The van der Waals surface area contributed by atoms with Crippen molar-refractivity contribution in [2.45, 2.75) is 237 Å². The molecule has 1 fully saturated rings. The topological polar surface area (TPSA) is 169 Å². The van der Waals surface area contributed by atoms with Gasteiger partial charge in [0.25, 0.3) is 0 Å². The van der Waals surface area contributed by atoms with Crippen LogP contribution in [0.1, 0.15) is 200 Å². The molecule has 11 heteroatoms. The summed E-state index contributed by atoms with van der Waals surface area (Å²) >= 11 is 0. The van der Waals surface area contributed by atoms with Gasteiger partial charge in [-0.1, -0.05) is 159 Å². The Labute approximate surface area is 369 Å². The molecule has 0 radical (unpaired) electrons. The third kappa shape index (κ3) is 31.6. The average Bonchev–Trinajstić information content (AvgIpc) is 3.24. The lowest BCUT2D eigenvalue weighted by Gasteiger charge is -2.38. The Hall–Kier alpha value is -2.83. The molecule has 6 atom stereocenters. The Bertz CT molecular complexity index is 1200. The Kier molecular flexibility index (Phi) is 36.8. The van der Waals surface area contributed by atoms with Crippen LogP contribution >= 0.6 is 0 Å². The molecule has 0 aromatic carbocycles. The molecular formula is C50H86O11. The van der Waals surface area contributed by atoms with E-state index in [2.05, 4.69) is 62.5 Å². The molecule has 1 aliphatic heterocycles. The van der Waals surface area contributed by atoms with Gasteiger partial charge in [-0.15, -0.1) is 0 Å². The highest BCUT2D eigenvalue weighted by Gasteiger charge is 2.47. The van der Waals surface area contributed by atoms with Gasteiger partial charge < -0.3 is 39.4 Å². The van der Waals surface area contributed by atoms with Crippen molar-refractivity contribution in [2.75, 3.05) is 13.2 Å². The van der Waals surface area contributed by atoms with Crippen LogP contribution in [-0.2, 0) is 33.3 Å². The van der Waals surface area contributed by atoms with Crippen LogP contribution in [0.25, 0.3) is 0 Å². The summed E-state index contributed by atoms with van der Waals surface area (Å²) < 4.78 is 21.8. The average molecular weight is 863 g/mol. The minimum Gasteiger partial charge on any atom is -0.479 e. The van der Waals surface area contributed by atoms with Gasteiger partial charge in [-0.05, 0) is 77.0 Å². The van der Waals surface area contributed by atoms with Crippen molar-refractivity contribution in [1.82, 2.24) is 0 Å². The molecule has 4 N–H and O–H groups in total. The highest BCUT2D eigenvalue weighted by molar-refractivity contribution is 5.73. The smallest absolute Gasteiger partial charge is 0.335 e. The monoisotopic (exact) mass is 863 g/mol. The fourth-order valence-corrected chi connectivity index (χ4v) is 7.06. The summed E-state index contributed by atoms with van der Waals surface area (Å²) in [6.07, 6.45) is 38.7. The lowest BCUT2D eigenvalue weighted by molar-refractivity contribution is -0.298. The second-order valence-electron chi connectivity index (χ2n) is 16.6. The van der Waals surface area contributed by atoms with Crippen molar-refractivity contribution < 1.29 is 53.8 Å². The van der Waals surface area contributed by atoms with Gasteiger partial charge in [0, 0.05) is 12.8 Å². The maximum Gasteiger partial charge on any atom is 0.335 e. The predicted molar refractivity (Wildman–Crippen MR) is 243 cm³/mol. The van der Waals surface area contributed by atoms with Crippen LogP contribution < -0.4 is 0 Å². The number of esters is 2. The zero-order chi connectivity index (χ0) is 44.6. The van der Waals surface area contributed by atoms with Gasteiger partial charge in [0.2, 0.25) is 0 Å². The quantitative estimate of drug-likeness (QED) is 0.0263. The number of carboxylic acids is 1. The van der Waals surface area contributed by atoms with Crippen molar-refractivity contribution in [3.8, 4) is 0 Å². The first-order valence-corrected chi connectivity index (χ1v) is 24.2. The minimum atomic E-state index is -1.87. The third-order valence-electron chi connectivity index (χ3n) is 10.9. The first-order chi connectivity index (χ1) is 29.7. The number of aliphatic carboxylic acids is 1. The zero-order valence-electron chi connectivity index (χ0n) is 38.1. The van der Waals surface area contributed by atoms with Gasteiger partial charge in [-0.25, -0.2) is 4.79 Å². The van der Waals surface area contributed by atoms with Crippen molar-refractivity contribution in [3.63, 3.8) is 0 Å². The summed E-state index contributed by atoms with van der Waals surface area (Å²) in [7, 11) is 0. The van der Waals surface area contributed by atoms with Gasteiger partial charge in [0.1, 0.15) is 24.9 Å². The lowest BCUT2D eigenvalue weighted by atomic mass is 9.99. The van der Waals surface area contributed by atoms with Crippen molar-refractivity contribution >= 4 is 17.9 Å². The van der Waals surface area contributed by atoms with E-state index >= 15 is 0 Å². The van der Waals surface area contributed by atoms with Crippen LogP contribution in [0.4, 0.5) is 0 Å². The summed E-state index contributed by atoms with van der Waals surface area (Å²) in [6.45, 7) is 3.77. The van der Waals surface area contributed by atoms with E-state index in [0.717, 1.165) is 89.9 Å². The van der Waals surface area contributed by atoms with Crippen molar-refractivity contribution in [1.29, 1.82) is 0 Å². The van der Waals surface area contributed by atoms with Crippen molar-refractivity contribution in [2.24, 2.45) is 0 Å². The van der Waals surface area contributed by atoms with Crippen LogP contribution in [0.15, 0.2) is 48.6 Å². The molecule has 352 valence electrons. The summed E-state index contributed by atoms with van der Waals surface area (Å²) in [6, 6.07) is 0. The molecule has 1 saturated heterocycles. The number of allylic oxidation sites excluding steroid dienone is 8. The van der Waals surface area contributed by atoms with Gasteiger partial charge in [0.05, 0.1) is 6.61 Å². The summed E-state index contributed by atoms with van der Waals surface area (Å²) in [4.78, 5) is 36.9. The highest BCUT2D eigenvalue weighted by atomic mass is 16.7. The molecule has 0 aromatic heterocycles. The Morgan fingerprint density at radius 1 is 0.508 bits per heavy atom. The third-order valence-corrected chi connectivity index (χ3v) is 10.9. The predicted octanol–water partition coefficient (Wildman–Crippen LogP) is 10.9. The standard InChI is InChI=1S/C50H86O11/c1-3-5-7-9-11-13-15-17-19-21-22-23-25-26-28-30-32-34-36-38-43(51)58-40-42(41-59-50-47(55)45(53)46(54)48(61-50)49(56)57)60-44(52)39-37-35-33-31-29-27-24-20-18-16-14-12-10-8-6-4-2/h11,13,17,19-20,22-24,42,45-48,50,53-55H,3-10,12,14-16,18,21,25-41H2,1-2H3,(H,56,57)/b13-11-,19-17-,23-22-,24-20-. The SMILES string of the molecule is CCCCC/C=C\C/C=C\C/C=C\CCCCCCCCC(=O)OCC(COC1OC(C(=O)O)C(O)C(O)C1O)OC(=O)CCCCCCC/C=C\CCCCCCCCC. The molecule has 0 amide bonds. The summed E-state index contributed by atoms with van der Waals surface area (Å²) in [5, 5.41) is 39.9. The van der Waals surface area contributed by atoms with E-state index < -0.39 is 61.3 Å². The van der Waals surface area contributed by atoms with Crippen LogP contribution in [0.5, 0.6) is 0 Å². The number of unbranched alkanes of at least 4 members (excludes halogenated alkanes) is 21. The Balaban J connectivity index is 2.35. The van der Waals surface area contributed by atoms with Crippen molar-refractivity contribution in [3.05, 3.63) is 48.6 Å². The normalized spacial score (nSPS) is 20.0. The number of carboxylic acid groups (broad SMARTS) is 1. The lowest BCUT2D eigenvalue weighted by Crippen LogP contribution is -2.60. The number of ether oxygens (including phenoxy) is 4. The number of carbonyl (C=O) groups is 3. The van der Waals surface area contributed by atoms with E-state index in [-0.39, 0.29) is 19.4 Å². The Morgan fingerprint density at radius 3 is 1.43 bits per heavy atom. The molecule has 0 saturated carbocycles. The molecule has 6 unspecified atom stereocenters. The maximum absolute atomic E-state index is 12.8. The minimum absolute atomic E-state index is 0.169. The van der Waals surface area contributed by atoms with Crippen LogP contribution in [0.3, 0.4) is 0 Å². The van der Waals surface area contributed by atoms with E-state index in [1.807, 2.05) is 0 Å². The van der Waals surface area contributed by atoms with E-state index in [4.69, 9.17) is 18.9 Å². The summed E-state index contributed by atoms with van der Waals surface area (Å²) in [5.74, 6) is -2.47. The first-order valence-electron chi connectivity index (χ1n) is 24.2. The molecule has 1 rings (SSSR count). The number of rotatable bonds is 40. The highest BCUT2D eigenvalue weighted by Crippen LogP contribution is 2.23. The van der Waals surface area contributed by atoms with E-state index in [1.54, 1.807) is 0 Å². The largest absolute Gasteiger partial charge is 0.479 e. The first kappa shape index (κ1) is 56.2. The number of hydrogen-bond acceptors (Lipinski definition) is 10. The number of aliphatic hydroxyl groups is 3. The fourth-order valence-electron chi connectivity index (χ4n) is 7.06. The van der Waals surface area contributed by atoms with Crippen LogP contribution in [0, 0.1) is 0 Å². The van der Waals surface area contributed by atoms with Gasteiger partial charge in [0.15, 0.2) is 18.5 Å². The molecule has 11 nitrogen and oxygen atoms in total. The van der Waals surface area contributed by atoms with Gasteiger partial charge in [-0.3, -0.25) is 9.59 Å². The van der Waals surface area contributed by atoms with Gasteiger partial charge in [-0.2, -0.15) is 0 Å². The number of aliphatic hydroxyl groups excluding tert-OH is 3. The number of carbonyl (C=O) groups excluding carboxylic acids is 2. The zero-order valence-corrected chi connectivity index (χ0v) is 38.1. The van der Waals surface area contributed by atoms with E-state index in [0.29, 0.717) is 12.8 Å². The number of hydrogen-bond donors (Lipinski definition) is 4. The second kappa shape index (κ2) is 40.0. The molecule has 0 aliphatic carbocycles. The van der Waals surface area contributed by atoms with E-state index in [9.17, 15) is 34.8 Å². The van der Waals surface area contributed by atoms with Crippen LogP contribution in [-0.4, -0.2) is 88.4 Å². The molecule has 61 heavy (non-hydrogen) atoms. The molecule has 0 bridgehead atoms. The van der Waals surface area contributed by atoms with E-state index in [1.165, 1.54) is 70.6 Å². The maximum atomic E-state index is 12.8. The molecule has 1 aliphatic rings. The fraction of sp³-hybridized carbons (Fsp3) is 0.780. The molecule has 1 heterocycles. The summed E-state index contributed by atoms with van der Waals surface area (Å²) in [5.41, 5.74) is 0. The van der Waals surface area contributed by atoms with Gasteiger partial charge >= 0.3 is 17.9 Å². The van der Waals surface area contributed by atoms with Crippen LogP contribution in [0.2, 0.25) is 0 Å². The Morgan fingerprint density at radius 2 is 0.918 bits per heavy atom. The molecule has 0 spiro atoms. The second-order valence-corrected chi connectivity index (χ2v) is 16.6.